The molecule has 4 aromatic rings. The van der Waals surface area contributed by atoms with E-state index in [2.05, 4.69) is 51.6 Å². The largest absolute Gasteiger partial charge is 0.341 e. The van der Waals surface area contributed by atoms with Gasteiger partial charge in [0.1, 0.15) is 0 Å². The Bertz CT molecular complexity index is 1040. The van der Waals surface area contributed by atoms with Gasteiger partial charge in [-0.05, 0) is 18.9 Å². The quantitative estimate of drug-likeness (QED) is 0.560. The van der Waals surface area contributed by atoms with Crippen LogP contribution in [0.3, 0.4) is 0 Å². The molecule has 0 atom stereocenters. The van der Waals surface area contributed by atoms with Crippen LogP contribution in [0.4, 0.5) is 5.95 Å². The van der Waals surface area contributed by atoms with Gasteiger partial charge in [0.15, 0.2) is 0 Å². The predicted octanol–water partition coefficient (Wildman–Crippen LogP) is 3.73. The zero-order valence-electron chi connectivity index (χ0n) is 14.9. The van der Waals surface area contributed by atoms with Gasteiger partial charge in [0.25, 0.3) is 0 Å². The van der Waals surface area contributed by atoms with E-state index < -0.39 is 0 Å². The first-order valence-corrected chi connectivity index (χ1v) is 9.31. The lowest BCUT2D eigenvalue weighted by molar-refractivity contribution is 0.358. The molecule has 1 aliphatic rings. The first-order valence-electron chi connectivity index (χ1n) is 9.31. The SMILES string of the molecule is c1ccc(-c2nc(N3CCC(n4ccnn4)CC3)nc3ccccc23)cc1. The monoisotopic (exact) mass is 356 g/mol. The fourth-order valence-electron chi connectivity index (χ4n) is 3.76. The maximum atomic E-state index is 4.96. The molecule has 0 saturated carbocycles. The first-order chi connectivity index (χ1) is 13.4. The summed E-state index contributed by atoms with van der Waals surface area (Å²) in [6.45, 7) is 1.83. The van der Waals surface area contributed by atoms with Crippen LogP contribution in [-0.2, 0) is 0 Å². The van der Waals surface area contributed by atoms with E-state index in [9.17, 15) is 0 Å². The third kappa shape index (κ3) is 3.03. The Hall–Kier alpha value is -3.28. The van der Waals surface area contributed by atoms with Crippen molar-refractivity contribution in [2.45, 2.75) is 18.9 Å². The molecule has 6 heteroatoms. The molecule has 0 bridgehead atoms. The third-order valence-electron chi connectivity index (χ3n) is 5.20. The summed E-state index contributed by atoms with van der Waals surface area (Å²) in [5.74, 6) is 0.810. The van der Waals surface area contributed by atoms with E-state index >= 15 is 0 Å². The average molecular weight is 356 g/mol. The van der Waals surface area contributed by atoms with Crippen molar-refractivity contribution in [3.8, 4) is 11.3 Å². The molecule has 0 amide bonds. The fraction of sp³-hybridized carbons (Fsp3) is 0.238. The van der Waals surface area contributed by atoms with Crippen LogP contribution in [0.1, 0.15) is 18.9 Å². The number of anilines is 1. The summed E-state index contributed by atoms with van der Waals surface area (Å²) >= 11 is 0. The number of hydrogen-bond donors (Lipinski definition) is 0. The maximum absolute atomic E-state index is 4.96. The molecule has 27 heavy (non-hydrogen) atoms. The van der Waals surface area contributed by atoms with E-state index in [1.165, 1.54) is 0 Å². The summed E-state index contributed by atoms with van der Waals surface area (Å²) in [6.07, 6.45) is 5.71. The standard InChI is InChI=1S/C21H20N6/c1-2-6-16(7-3-1)20-18-8-4-5-9-19(18)23-21(24-20)26-13-10-17(11-14-26)27-15-12-22-25-27/h1-9,12,15,17H,10-11,13-14H2. The fourth-order valence-corrected chi connectivity index (χ4v) is 3.76. The molecule has 2 aromatic heterocycles. The van der Waals surface area contributed by atoms with Crippen molar-refractivity contribution in [1.29, 1.82) is 0 Å². The van der Waals surface area contributed by atoms with Crippen molar-refractivity contribution in [3.05, 3.63) is 67.0 Å². The van der Waals surface area contributed by atoms with Crippen molar-refractivity contribution >= 4 is 16.9 Å². The Morgan fingerprint density at radius 2 is 1.63 bits per heavy atom. The molecule has 134 valence electrons. The van der Waals surface area contributed by atoms with E-state index in [1.807, 2.05) is 29.1 Å². The van der Waals surface area contributed by atoms with Crippen LogP contribution >= 0.6 is 0 Å². The smallest absolute Gasteiger partial charge is 0.226 e. The highest BCUT2D eigenvalue weighted by Crippen LogP contribution is 2.30. The van der Waals surface area contributed by atoms with Crippen LogP contribution in [0.5, 0.6) is 0 Å². The highest BCUT2D eigenvalue weighted by Gasteiger charge is 2.23. The Kier molecular flexibility index (Phi) is 4.01. The summed E-state index contributed by atoms with van der Waals surface area (Å²) in [7, 11) is 0. The summed E-state index contributed by atoms with van der Waals surface area (Å²) in [5.41, 5.74) is 3.10. The minimum absolute atomic E-state index is 0.401. The van der Waals surface area contributed by atoms with Crippen molar-refractivity contribution in [3.63, 3.8) is 0 Å². The van der Waals surface area contributed by atoms with Gasteiger partial charge in [0.2, 0.25) is 5.95 Å². The van der Waals surface area contributed by atoms with Gasteiger partial charge >= 0.3 is 0 Å². The lowest BCUT2D eigenvalue weighted by Crippen LogP contribution is -2.36. The molecular formula is C21H20N6. The zero-order chi connectivity index (χ0) is 18.1. The van der Waals surface area contributed by atoms with Gasteiger partial charge in [0, 0.05) is 30.2 Å². The highest BCUT2D eigenvalue weighted by atomic mass is 15.4. The van der Waals surface area contributed by atoms with Gasteiger partial charge in [-0.1, -0.05) is 53.7 Å². The minimum Gasteiger partial charge on any atom is -0.341 e. The van der Waals surface area contributed by atoms with Crippen LogP contribution in [0.15, 0.2) is 67.0 Å². The van der Waals surface area contributed by atoms with Crippen LogP contribution in [0, 0.1) is 0 Å². The average Bonchev–Trinajstić information content (AvgIpc) is 3.29. The van der Waals surface area contributed by atoms with E-state index in [1.54, 1.807) is 6.20 Å². The lowest BCUT2D eigenvalue weighted by Gasteiger charge is -2.32. The van der Waals surface area contributed by atoms with Gasteiger partial charge in [-0.25, -0.2) is 14.6 Å². The number of fused-ring (bicyclic) bond motifs is 1. The topological polar surface area (TPSA) is 59.7 Å². The van der Waals surface area contributed by atoms with E-state index in [0.29, 0.717) is 6.04 Å². The van der Waals surface area contributed by atoms with Crippen molar-refractivity contribution in [1.82, 2.24) is 25.0 Å². The molecule has 5 rings (SSSR count). The molecule has 1 fully saturated rings. The molecule has 1 aliphatic heterocycles. The van der Waals surface area contributed by atoms with Crippen LogP contribution in [-0.4, -0.2) is 38.1 Å². The van der Waals surface area contributed by atoms with Gasteiger partial charge in [0.05, 0.1) is 23.4 Å². The Morgan fingerprint density at radius 3 is 2.41 bits per heavy atom. The van der Waals surface area contributed by atoms with Gasteiger partial charge in [-0.3, -0.25) is 0 Å². The highest BCUT2D eigenvalue weighted by molar-refractivity contribution is 5.93. The number of aromatic nitrogens is 5. The van der Waals surface area contributed by atoms with E-state index in [0.717, 1.165) is 54.0 Å². The molecule has 3 heterocycles. The van der Waals surface area contributed by atoms with Gasteiger partial charge < -0.3 is 4.90 Å². The number of piperidine rings is 1. The number of nitrogens with zero attached hydrogens (tertiary/aromatic N) is 6. The lowest BCUT2D eigenvalue weighted by atomic mass is 10.1. The molecule has 0 radical (unpaired) electrons. The van der Waals surface area contributed by atoms with E-state index in [4.69, 9.17) is 9.97 Å². The normalized spacial score (nSPS) is 15.3. The molecule has 0 spiro atoms. The second kappa shape index (κ2) is 6.79. The Labute approximate surface area is 157 Å². The van der Waals surface area contributed by atoms with Crippen LogP contribution in [0.25, 0.3) is 22.2 Å². The summed E-state index contributed by atoms with van der Waals surface area (Å²) in [6, 6.07) is 19.0. The summed E-state index contributed by atoms with van der Waals surface area (Å²) < 4.78 is 1.97. The number of benzene rings is 2. The van der Waals surface area contributed by atoms with Crippen molar-refractivity contribution in [2.24, 2.45) is 0 Å². The van der Waals surface area contributed by atoms with Crippen LogP contribution < -0.4 is 4.90 Å². The van der Waals surface area contributed by atoms with Gasteiger partial charge in [-0.2, -0.15) is 0 Å². The maximum Gasteiger partial charge on any atom is 0.226 e. The molecule has 0 unspecified atom stereocenters. The molecular weight excluding hydrogens is 336 g/mol. The number of rotatable bonds is 3. The van der Waals surface area contributed by atoms with Gasteiger partial charge in [-0.15, -0.1) is 5.10 Å². The predicted molar refractivity (Wildman–Crippen MR) is 105 cm³/mol. The molecule has 0 aliphatic carbocycles. The van der Waals surface area contributed by atoms with Crippen LogP contribution in [0.2, 0.25) is 0 Å². The minimum atomic E-state index is 0.401. The molecule has 1 saturated heterocycles. The molecule has 2 aromatic carbocycles. The summed E-state index contributed by atoms with van der Waals surface area (Å²) in [5, 5.41) is 9.17. The third-order valence-corrected chi connectivity index (χ3v) is 5.20. The molecule has 0 N–H and O–H groups in total. The second-order valence-electron chi connectivity index (χ2n) is 6.86. The number of hydrogen-bond acceptors (Lipinski definition) is 5. The van der Waals surface area contributed by atoms with Crippen molar-refractivity contribution in [2.75, 3.05) is 18.0 Å². The molecule has 6 nitrogen and oxygen atoms in total. The first kappa shape index (κ1) is 15.9. The van der Waals surface area contributed by atoms with Crippen molar-refractivity contribution < 1.29 is 0 Å². The Balaban J connectivity index is 1.49. The number of para-hydroxylation sites is 1. The van der Waals surface area contributed by atoms with E-state index in [-0.39, 0.29) is 0 Å². The second-order valence-corrected chi connectivity index (χ2v) is 6.86. The zero-order valence-corrected chi connectivity index (χ0v) is 14.9. The summed E-state index contributed by atoms with van der Waals surface area (Å²) in [4.78, 5) is 12.1. The Morgan fingerprint density at radius 1 is 0.852 bits per heavy atom.